The second kappa shape index (κ2) is 21.5. The summed E-state index contributed by atoms with van der Waals surface area (Å²) in [6.07, 6.45) is 22.4. The molecule has 1 rings (SSSR count). The monoisotopic (exact) mass is 322 g/mol. The smallest absolute Gasteiger partial charge is 0.0308 e. The first-order chi connectivity index (χ1) is 11.2. The van der Waals surface area contributed by atoms with Crippen molar-refractivity contribution in [3.8, 4) is 0 Å². The van der Waals surface area contributed by atoms with Crippen molar-refractivity contribution in [3.05, 3.63) is 23.3 Å². The van der Waals surface area contributed by atoms with Crippen LogP contribution in [0.5, 0.6) is 0 Å². The zero-order valence-corrected chi connectivity index (χ0v) is 17.3. The number of allylic oxidation sites excluding steroid dienone is 4. The van der Waals surface area contributed by atoms with Gasteiger partial charge in [-0.3, -0.25) is 0 Å². The molecule has 0 atom stereocenters. The van der Waals surface area contributed by atoms with Crippen LogP contribution in [0, 0.1) is 0 Å². The number of unbranched alkanes of at least 4 members (excludes halogenated alkanes) is 8. The molecule has 0 nitrogen and oxygen atoms in total. The molecule has 0 aromatic heterocycles. The van der Waals surface area contributed by atoms with Crippen LogP contribution in [0.15, 0.2) is 23.3 Å². The second-order valence-corrected chi connectivity index (χ2v) is 6.67. The lowest BCUT2D eigenvalue weighted by molar-refractivity contribution is 0.656. The Morgan fingerprint density at radius 3 is 1.26 bits per heavy atom. The highest BCUT2D eigenvalue weighted by atomic mass is 14.1. The zero-order valence-electron chi connectivity index (χ0n) is 17.3. The van der Waals surface area contributed by atoms with Crippen molar-refractivity contribution in [1.82, 2.24) is 0 Å². The molecule has 0 aromatic rings. The first kappa shape index (κ1) is 24.7. The van der Waals surface area contributed by atoms with E-state index in [4.69, 9.17) is 0 Å². The van der Waals surface area contributed by atoms with E-state index in [1.54, 1.807) is 5.57 Å². The van der Waals surface area contributed by atoms with Gasteiger partial charge in [-0.2, -0.15) is 0 Å². The molecule has 0 saturated carbocycles. The van der Waals surface area contributed by atoms with Crippen LogP contribution >= 0.6 is 0 Å². The predicted octanol–water partition coefficient (Wildman–Crippen LogP) is 9.02. The average molecular weight is 323 g/mol. The summed E-state index contributed by atoms with van der Waals surface area (Å²) in [5, 5.41) is 0. The third-order valence-corrected chi connectivity index (χ3v) is 4.31. The fourth-order valence-corrected chi connectivity index (χ4v) is 2.63. The Kier molecular flexibility index (Phi) is 23.1. The summed E-state index contributed by atoms with van der Waals surface area (Å²) < 4.78 is 0. The maximum Gasteiger partial charge on any atom is -0.0308 e. The molecule has 0 N–H and O–H groups in total. The van der Waals surface area contributed by atoms with Gasteiger partial charge >= 0.3 is 0 Å². The molecular formula is C23H46. The van der Waals surface area contributed by atoms with Gasteiger partial charge in [-0.1, -0.05) is 117 Å². The van der Waals surface area contributed by atoms with Crippen LogP contribution in [-0.4, -0.2) is 0 Å². The zero-order chi connectivity index (χ0) is 17.8. The third-order valence-electron chi connectivity index (χ3n) is 4.31. The molecule has 0 unspecified atom stereocenters. The third kappa shape index (κ3) is 19.4. The Morgan fingerprint density at radius 1 is 0.609 bits per heavy atom. The lowest BCUT2D eigenvalue weighted by Crippen LogP contribution is -1.88. The molecular weight excluding hydrogens is 276 g/mol. The molecule has 0 spiro atoms. The summed E-state index contributed by atoms with van der Waals surface area (Å²) in [5.74, 6) is 0. The Hall–Kier alpha value is -0.520. The first-order valence-electron chi connectivity index (χ1n) is 10.5. The van der Waals surface area contributed by atoms with E-state index in [0.29, 0.717) is 0 Å². The van der Waals surface area contributed by atoms with Crippen LogP contribution in [0.3, 0.4) is 0 Å². The number of rotatable bonds is 9. The van der Waals surface area contributed by atoms with Gasteiger partial charge in [-0.25, -0.2) is 0 Å². The van der Waals surface area contributed by atoms with Crippen LogP contribution in [-0.2, 0) is 0 Å². The molecule has 1 aliphatic carbocycles. The fraction of sp³-hybridized carbons (Fsp3) is 0.826. The van der Waals surface area contributed by atoms with Gasteiger partial charge in [0.05, 0.1) is 0 Å². The SMILES string of the molecule is CCC1=CCCC=C1C.CCCCCCC.CCCCCCC. The normalized spacial score (nSPS) is 13.1. The van der Waals surface area contributed by atoms with Crippen LogP contribution in [0.1, 0.15) is 125 Å². The quantitative estimate of drug-likeness (QED) is 0.371. The minimum absolute atomic E-state index is 1.20. The molecule has 0 aromatic carbocycles. The Bertz CT molecular complexity index is 252. The summed E-state index contributed by atoms with van der Waals surface area (Å²) in [7, 11) is 0. The molecule has 0 aliphatic heterocycles. The van der Waals surface area contributed by atoms with Crippen LogP contribution in [0.25, 0.3) is 0 Å². The van der Waals surface area contributed by atoms with Gasteiger partial charge in [0.1, 0.15) is 0 Å². The van der Waals surface area contributed by atoms with E-state index in [9.17, 15) is 0 Å². The maximum absolute atomic E-state index is 2.36. The van der Waals surface area contributed by atoms with Gasteiger partial charge in [0.15, 0.2) is 0 Å². The minimum atomic E-state index is 1.20. The van der Waals surface area contributed by atoms with Gasteiger partial charge in [0, 0.05) is 0 Å². The lowest BCUT2D eigenvalue weighted by Gasteiger charge is -2.09. The standard InChI is InChI=1S/C9H14.2C7H16/c1-3-9-7-5-4-6-8(9)2;2*1-3-5-7-6-4-2/h6-7H,3-5H2,1-2H3;2*3-7H2,1-2H3. The molecule has 0 heterocycles. The topological polar surface area (TPSA) is 0 Å². The minimum Gasteiger partial charge on any atom is -0.0810 e. The van der Waals surface area contributed by atoms with Crippen LogP contribution in [0.4, 0.5) is 0 Å². The molecule has 0 radical (unpaired) electrons. The van der Waals surface area contributed by atoms with Crippen molar-refractivity contribution in [2.45, 2.75) is 125 Å². The van der Waals surface area contributed by atoms with Gasteiger partial charge < -0.3 is 0 Å². The number of hydrogen-bond acceptors (Lipinski definition) is 0. The van der Waals surface area contributed by atoms with Crippen molar-refractivity contribution in [2.75, 3.05) is 0 Å². The highest BCUT2D eigenvalue weighted by Gasteiger charge is 1.99. The van der Waals surface area contributed by atoms with Gasteiger partial charge in [0.2, 0.25) is 0 Å². The lowest BCUT2D eigenvalue weighted by atomic mass is 9.97. The second-order valence-electron chi connectivity index (χ2n) is 6.67. The Morgan fingerprint density at radius 2 is 1.00 bits per heavy atom. The molecule has 0 bridgehead atoms. The summed E-state index contributed by atoms with van der Waals surface area (Å²) >= 11 is 0. The molecule has 0 saturated heterocycles. The van der Waals surface area contributed by atoms with Crippen molar-refractivity contribution in [3.63, 3.8) is 0 Å². The largest absolute Gasteiger partial charge is 0.0810 e. The van der Waals surface area contributed by atoms with E-state index in [1.807, 2.05) is 0 Å². The predicted molar refractivity (Wildman–Crippen MR) is 110 cm³/mol. The van der Waals surface area contributed by atoms with Crippen LogP contribution < -0.4 is 0 Å². The highest BCUT2D eigenvalue weighted by Crippen LogP contribution is 2.19. The van der Waals surface area contributed by atoms with E-state index in [2.05, 4.69) is 53.7 Å². The van der Waals surface area contributed by atoms with Gasteiger partial charge in [0.25, 0.3) is 0 Å². The summed E-state index contributed by atoms with van der Waals surface area (Å²) in [6, 6.07) is 0. The van der Waals surface area contributed by atoms with Crippen molar-refractivity contribution in [1.29, 1.82) is 0 Å². The van der Waals surface area contributed by atoms with Crippen molar-refractivity contribution >= 4 is 0 Å². The fourth-order valence-electron chi connectivity index (χ4n) is 2.63. The summed E-state index contributed by atoms with van der Waals surface area (Å²) in [5.41, 5.74) is 3.03. The molecule has 0 heteroatoms. The highest BCUT2D eigenvalue weighted by molar-refractivity contribution is 5.31. The molecule has 0 amide bonds. The summed E-state index contributed by atoms with van der Waals surface area (Å²) in [6.45, 7) is 13.4. The van der Waals surface area contributed by atoms with Gasteiger partial charge in [-0.15, -0.1) is 0 Å². The van der Waals surface area contributed by atoms with Gasteiger partial charge in [-0.05, 0) is 31.8 Å². The first-order valence-corrected chi connectivity index (χ1v) is 10.5. The molecule has 1 aliphatic rings. The van der Waals surface area contributed by atoms with E-state index >= 15 is 0 Å². The van der Waals surface area contributed by atoms with E-state index in [1.165, 1.54) is 89.0 Å². The van der Waals surface area contributed by atoms with Crippen LogP contribution in [0.2, 0.25) is 0 Å². The molecule has 138 valence electrons. The Balaban J connectivity index is 0. The van der Waals surface area contributed by atoms with Crippen molar-refractivity contribution < 1.29 is 0 Å². The van der Waals surface area contributed by atoms with E-state index in [-0.39, 0.29) is 0 Å². The Labute approximate surface area is 148 Å². The summed E-state index contributed by atoms with van der Waals surface area (Å²) in [4.78, 5) is 0. The van der Waals surface area contributed by atoms with E-state index in [0.717, 1.165) is 0 Å². The molecule has 23 heavy (non-hydrogen) atoms. The molecule has 0 fully saturated rings. The van der Waals surface area contributed by atoms with E-state index < -0.39 is 0 Å². The average Bonchev–Trinajstić information content (AvgIpc) is 2.57. The maximum atomic E-state index is 2.36. The van der Waals surface area contributed by atoms with Crippen molar-refractivity contribution in [2.24, 2.45) is 0 Å². The number of hydrogen-bond donors (Lipinski definition) is 0.